The summed E-state index contributed by atoms with van der Waals surface area (Å²) in [7, 11) is 1.75. The summed E-state index contributed by atoms with van der Waals surface area (Å²) < 4.78 is 1.60. The molecular formula is C26H25N3O2. The second kappa shape index (κ2) is 8.19. The molecule has 1 heterocycles. The van der Waals surface area contributed by atoms with E-state index in [-0.39, 0.29) is 17.4 Å². The number of carbonyl (C=O) groups is 1. The Morgan fingerprint density at radius 3 is 2.42 bits per heavy atom. The molecule has 1 atom stereocenters. The molecule has 31 heavy (non-hydrogen) atoms. The average molecular weight is 412 g/mol. The molecule has 5 nitrogen and oxygen atoms in total. The third-order valence-corrected chi connectivity index (χ3v) is 5.53. The van der Waals surface area contributed by atoms with Crippen LogP contribution in [0, 0.1) is 6.92 Å². The van der Waals surface area contributed by atoms with Crippen molar-refractivity contribution in [1.82, 2.24) is 9.55 Å². The lowest BCUT2D eigenvalue weighted by Gasteiger charge is -2.20. The Bertz CT molecular complexity index is 1340. The molecule has 4 aromatic rings. The van der Waals surface area contributed by atoms with Crippen LogP contribution >= 0.6 is 0 Å². The van der Waals surface area contributed by atoms with Crippen molar-refractivity contribution in [3.05, 3.63) is 93.8 Å². The van der Waals surface area contributed by atoms with Crippen LogP contribution < -0.4 is 10.9 Å². The molecule has 1 N–H and O–H groups in total. The van der Waals surface area contributed by atoms with Gasteiger partial charge in [0, 0.05) is 29.4 Å². The van der Waals surface area contributed by atoms with E-state index >= 15 is 0 Å². The highest BCUT2D eigenvalue weighted by Crippen LogP contribution is 2.29. The third kappa shape index (κ3) is 3.87. The number of para-hydroxylation sites is 1. The number of Topliss-reactive ketones (excluding diaryl/α,β-unsaturated/α-hetero) is 1. The largest absolute Gasteiger partial charge is 0.378 e. The number of nitrogens with zero attached hydrogens (tertiary/aromatic N) is 2. The molecular weight excluding hydrogens is 386 g/mol. The maximum atomic E-state index is 13.2. The highest BCUT2D eigenvalue weighted by molar-refractivity contribution is 5.99. The lowest BCUT2D eigenvalue weighted by atomic mass is 10.00. The van der Waals surface area contributed by atoms with Crippen LogP contribution in [0.5, 0.6) is 0 Å². The molecule has 0 aliphatic carbocycles. The van der Waals surface area contributed by atoms with Crippen molar-refractivity contribution < 1.29 is 4.79 Å². The average Bonchev–Trinajstić information content (AvgIpc) is 2.77. The maximum Gasteiger partial charge on any atom is 0.261 e. The van der Waals surface area contributed by atoms with Gasteiger partial charge in [0.05, 0.1) is 16.9 Å². The smallest absolute Gasteiger partial charge is 0.261 e. The van der Waals surface area contributed by atoms with Crippen molar-refractivity contribution in [2.24, 2.45) is 7.05 Å². The number of ketones is 1. The maximum absolute atomic E-state index is 13.2. The molecule has 1 aromatic heterocycles. The molecule has 4 rings (SSSR count). The summed E-state index contributed by atoms with van der Waals surface area (Å²) in [5, 5.41) is 4.04. The van der Waals surface area contributed by atoms with Gasteiger partial charge in [0.15, 0.2) is 5.78 Å². The van der Waals surface area contributed by atoms with E-state index in [2.05, 4.69) is 11.4 Å². The lowest BCUT2D eigenvalue weighted by molar-refractivity contribution is 0.101. The fraction of sp³-hybridized carbons (Fsp3) is 0.192. The SMILES string of the molecule is CC(=O)c1ccccc1N[C@H](C)c1cc(C)cc2c(=O)n(C)c(-c3ccccc3)nc12. The summed E-state index contributed by atoms with van der Waals surface area (Å²) in [4.78, 5) is 30.2. The van der Waals surface area contributed by atoms with E-state index in [1.165, 1.54) is 0 Å². The molecule has 0 unspecified atom stereocenters. The molecule has 0 aliphatic heterocycles. The van der Waals surface area contributed by atoms with Crippen molar-refractivity contribution in [1.29, 1.82) is 0 Å². The van der Waals surface area contributed by atoms with Crippen molar-refractivity contribution >= 4 is 22.4 Å². The minimum atomic E-state index is -0.161. The molecule has 0 amide bonds. The molecule has 0 saturated carbocycles. The number of rotatable bonds is 5. The van der Waals surface area contributed by atoms with Crippen molar-refractivity contribution in [3.8, 4) is 11.4 Å². The number of carbonyl (C=O) groups excluding carboxylic acids is 1. The van der Waals surface area contributed by atoms with Crippen LogP contribution in [0.1, 0.15) is 41.4 Å². The van der Waals surface area contributed by atoms with Gasteiger partial charge in [0.25, 0.3) is 5.56 Å². The molecule has 0 aliphatic rings. The Balaban J connectivity index is 1.89. The van der Waals surface area contributed by atoms with Crippen LogP contribution in [-0.2, 0) is 7.05 Å². The second-order valence-corrected chi connectivity index (χ2v) is 7.88. The molecule has 5 heteroatoms. The van der Waals surface area contributed by atoms with Crippen molar-refractivity contribution in [2.75, 3.05) is 5.32 Å². The summed E-state index contributed by atoms with van der Waals surface area (Å²) in [6.45, 7) is 5.56. The van der Waals surface area contributed by atoms with E-state index in [9.17, 15) is 9.59 Å². The highest BCUT2D eigenvalue weighted by atomic mass is 16.1. The van der Waals surface area contributed by atoms with Gasteiger partial charge in [-0.3, -0.25) is 14.2 Å². The van der Waals surface area contributed by atoms with E-state index in [0.29, 0.717) is 22.3 Å². The number of hydrogen-bond donors (Lipinski definition) is 1. The Morgan fingerprint density at radius 1 is 1.03 bits per heavy atom. The first-order valence-electron chi connectivity index (χ1n) is 10.3. The van der Waals surface area contributed by atoms with Crippen LogP contribution in [-0.4, -0.2) is 15.3 Å². The standard InChI is InChI=1S/C26H25N3O2/c1-16-14-21(17(2)27-23-13-9-8-12-20(23)18(3)30)24-22(15-16)26(31)29(4)25(28-24)19-10-6-5-7-11-19/h5-15,17,27H,1-4H3/t17-/m1/s1. The molecule has 3 aromatic carbocycles. The Kier molecular flexibility index (Phi) is 5.42. The minimum absolute atomic E-state index is 0.00255. The Hall–Kier alpha value is -3.73. The van der Waals surface area contributed by atoms with Gasteiger partial charge in [-0.15, -0.1) is 0 Å². The molecule has 0 radical (unpaired) electrons. The molecule has 0 spiro atoms. The summed E-state index contributed by atoms with van der Waals surface area (Å²) in [5.74, 6) is 0.627. The predicted molar refractivity (Wildman–Crippen MR) is 126 cm³/mol. The minimum Gasteiger partial charge on any atom is -0.378 e. The van der Waals surface area contributed by atoms with Gasteiger partial charge in [-0.1, -0.05) is 48.5 Å². The number of anilines is 1. The van der Waals surface area contributed by atoms with Crippen LogP contribution in [0.4, 0.5) is 5.69 Å². The highest BCUT2D eigenvalue weighted by Gasteiger charge is 2.18. The molecule has 0 fully saturated rings. The fourth-order valence-corrected chi connectivity index (χ4v) is 3.95. The topological polar surface area (TPSA) is 64.0 Å². The van der Waals surface area contributed by atoms with Gasteiger partial charge in [-0.25, -0.2) is 4.98 Å². The number of aromatic nitrogens is 2. The number of benzene rings is 3. The zero-order valence-corrected chi connectivity index (χ0v) is 18.1. The first-order chi connectivity index (χ1) is 14.9. The van der Waals surface area contributed by atoms with Gasteiger partial charge in [-0.2, -0.15) is 0 Å². The summed E-state index contributed by atoms with van der Waals surface area (Å²) in [6.07, 6.45) is 0. The summed E-state index contributed by atoms with van der Waals surface area (Å²) in [6, 6.07) is 21.0. The monoisotopic (exact) mass is 411 g/mol. The van der Waals surface area contributed by atoms with Crippen molar-refractivity contribution in [3.63, 3.8) is 0 Å². The number of hydrogen-bond acceptors (Lipinski definition) is 4. The van der Waals surface area contributed by atoms with Crippen LogP contribution in [0.15, 0.2) is 71.5 Å². The van der Waals surface area contributed by atoms with Gasteiger partial charge >= 0.3 is 0 Å². The second-order valence-electron chi connectivity index (χ2n) is 7.88. The fourth-order valence-electron chi connectivity index (χ4n) is 3.95. The molecule has 0 bridgehead atoms. The van der Waals surface area contributed by atoms with Gasteiger partial charge in [0.2, 0.25) is 0 Å². The number of aryl methyl sites for hydroxylation is 1. The number of fused-ring (bicyclic) bond motifs is 1. The molecule has 156 valence electrons. The van der Waals surface area contributed by atoms with Gasteiger partial charge in [0.1, 0.15) is 5.82 Å². The Morgan fingerprint density at radius 2 is 1.71 bits per heavy atom. The van der Waals surface area contributed by atoms with E-state index in [0.717, 1.165) is 22.4 Å². The van der Waals surface area contributed by atoms with Gasteiger partial charge < -0.3 is 5.32 Å². The van der Waals surface area contributed by atoms with E-state index in [4.69, 9.17) is 4.98 Å². The first-order valence-corrected chi connectivity index (χ1v) is 10.3. The van der Waals surface area contributed by atoms with E-state index in [1.807, 2.05) is 74.5 Å². The van der Waals surface area contributed by atoms with Crippen LogP contribution in [0.25, 0.3) is 22.3 Å². The number of nitrogens with one attached hydrogen (secondary N) is 1. The first kappa shape index (κ1) is 20.5. The van der Waals surface area contributed by atoms with Gasteiger partial charge in [-0.05, 0) is 44.5 Å². The van der Waals surface area contributed by atoms with Crippen molar-refractivity contribution in [2.45, 2.75) is 26.8 Å². The quantitative estimate of drug-likeness (QED) is 0.454. The van der Waals surface area contributed by atoms with Crippen LogP contribution in [0.3, 0.4) is 0 Å². The molecule has 0 saturated heterocycles. The zero-order valence-electron chi connectivity index (χ0n) is 18.1. The Labute approximate surface area is 181 Å². The third-order valence-electron chi connectivity index (χ3n) is 5.53. The summed E-state index contributed by atoms with van der Waals surface area (Å²) in [5.41, 5.74) is 4.80. The van der Waals surface area contributed by atoms with Crippen LogP contribution in [0.2, 0.25) is 0 Å². The lowest BCUT2D eigenvalue weighted by Crippen LogP contribution is -2.22. The van der Waals surface area contributed by atoms with E-state index in [1.54, 1.807) is 18.5 Å². The van der Waals surface area contributed by atoms with E-state index < -0.39 is 0 Å². The predicted octanol–water partition coefficient (Wildman–Crippen LogP) is 5.28. The summed E-state index contributed by atoms with van der Waals surface area (Å²) >= 11 is 0. The normalized spacial score (nSPS) is 12.0. The zero-order chi connectivity index (χ0) is 22.1.